The molecule has 0 unspecified atom stereocenters. The monoisotopic (exact) mass is 322 g/mol. The Balaban J connectivity index is 2.20. The molecule has 0 saturated carbocycles. The van der Waals surface area contributed by atoms with Crippen molar-refractivity contribution in [2.24, 2.45) is 5.10 Å². The summed E-state index contributed by atoms with van der Waals surface area (Å²) >= 11 is 6.03. The standard InChI is InChI=1S/C14H15ClN4O3/c1-16-13(21)8-3-4-9(15)11(7-8)17-14(22)10-5-6-12(20)19(2)18-10/h3-4,7H,5-6H2,1-2H3,(H,16,21)(H,17,22). The average Bonchev–Trinajstić information content (AvgIpc) is 2.51. The molecule has 2 rings (SSSR count). The number of anilines is 1. The maximum atomic E-state index is 12.2. The van der Waals surface area contributed by atoms with Crippen molar-refractivity contribution in [2.75, 3.05) is 19.4 Å². The third kappa shape index (κ3) is 3.43. The van der Waals surface area contributed by atoms with Crippen LogP contribution in [0.2, 0.25) is 5.02 Å². The van der Waals surface area contributed by atoms with Gasteiger partial charge in [0.1, 0.15) is 5.71 Å². The maximum absolute atomic E-state index is 12.2. The molecule has 0 saturated heterocycles. The Morgan fingerprint density at radius 1 is 1.27 bits per heavy atom. The van der Waals surface area contributed by atoms with Crippen LogP contribution in [-0.4, -0.2) is 42.5 Å². The van der Waals surface area contributed by atoms with Gasteiger partial charge in [-0.1, -0.05) is 11.6 Å². The van der Waals surface area contributed by atoms with Crippen LogP contribution in [-0.2, 0) is 9.59 Å². The van der Waals surface area contributed by atoms with Crippen LogP contribution in [0.5, 0.6) is 0 Å². The zero-order chi connectivity index (χ0) is 16.3. The highest BCUT2D eigenvalue weighted by atomic mass is 35.5. The summed E-state index contributed by atoms with van der Waals surface area (Å²) in [4.78, 5) is 35.1. The molecular formula is C14H15ClN4O3. The lowest BCUT2D eigenvalue weighted by molar-refractivity contribution is -0.130. The molecule has 8 heteroatoms. The molecular weight excluding hydrogens is 308 g/mol. The molecule has 2 N–H and O–H groups in total. The molecule has 7 nitrogen and oxygen atoms in total. The van der Waals surface area contributed by atoms with E-state index < -0.39 is 5.91 Å². The summed E-state index contributed by atoms with van der Waals surface area (Å²) in [6.07, 6.45) is 0.497. The van der Waals surface area contributed by atoms with Gasteiger partial charge in [0.15, 0.2) is 0 Å². The van der Waals surface area contributed by atoms with Gasteiger partial charge in [0.05, 0.1) is 10.7 Å². The molecule has 116 valence electrons. The van der Waals surface area contributed by atoms with Gasteiger partial charge in [0.2, 0.25) is 5.91 Å². The predicted octanol–water partition coefficient (Wildman–Crippen LogP) is 1.25. The van der Waals surface area contributed by atoms with Crippen molar-refractivity contribution < 1.29 is 14.4 Å². The van der Waals surface area contributed by atoms with E-state index >= 15 is 0 Å². The van der Waals surface area contributed by atoms with E-state index in [2.05, 4.69) is 15.7 Å². The van der Waals surface area contributed by atoms with Gasteiger partial charge in [-0.05, 0) is 18.2 Å². The van der Waals surface area contributed by atoms with E-state index in [1.54, 1.807) is 6.07 Å². The number of nitrogens with zero attached hydrogens (tertiary/aromatic N) is 2. The second-order valence-corrected chi connectivity index (χ2v) is 5.10. The van der Waals surface area contributed by atoms with Gasteiger partial charge in [0.25, 0.3) is 11.8 Å². The molecule has 22 heavy (non-hydrogen) atoms. The summed E-state index contributed by atoms with van der Waals surface area (Å²) in [6.45, 7) is 0. The zero-order valence-electron chi connectivity index (χ0n) is 12.1. The van der Waals surface area contributed by atoms with E-state index in [0.717, 1.165) is 5.01 Å². The quantitative estimate of drug-likeness (QED) is 0.877. The molecule has 1 aromatic carbocycles. The summed E-state index contributed by atoms with van der Waals surface area (Å²) in [5, 5.41) is 10.5. The average molecular weight is 323 g/mol. The van der Waals surface area contributed by atoms with Crippen LogP contribution in [0, 0.1) is 0 Å². The highest BCUT2D eigenvalue weighted by Crippen LogP contribution is 2.23. The minimum absolute atomic E-state index is 0.142. The summed E-state index contributed by atoms with van der Waals surface area (Å²) < 4.78 is 0. The summed E-state index contributed by atoms with van der Waals surface area (Å²) in [5.41, 5.74) is 0.929. The fraction of sp³-hybridized carbons (Fsp3) is 0.286. The van der Waals surface area contributed by atoms with Crippen molar-refractivity contribution in [2.45, 2.75) is 12.8 Å². The molecule has 0 spiro atoms. The lowest BCUT2D eigenvalue weighted by Gasteiger charge is -2.19. The third-order valence-electron chi connectivity index (χ3n) is 3.17. The van der Waals surface area contributed by atoms with Gasteiger partial charge in [-0.2, -0.15) is 5.10 Å². The Morgan fingerprint density at radius 2 is 2.00 bits per heavy atom. The largest absolute Gasteiger partial charge is 0.355 e. The molecule has 1 aromatic rings. The van der Waals surface area contributed by atoms with Crippen molar-refractivity contribution in [1.82, 2.24) is 10.3 Å². The number of carbonyl (C=O) groups excluding carboxylic acids is 3. The highest BCUT2D eigenvalue weighted by Gasteiger charge is 2.22. The first-order valence-corrected chi connectivity index (χ1v) is 6.97. The SMILES string of the molecule is CNC(=O)c1ccc(Cl)c(NC(=O)C2=NN(C)C(=O)CC2)c1. The number of benzene rings is 1. The number of rotatable bonds is 3. The Bertz CT molecular complexity index is 672. The van der Waals surface area contributed by atoms with Crippen LogP contribution >= 0.6 is 11.6 Å². The molecule has 1 aliphatic heterocycles. The minimum atomic E-state index is -0.449. The second kappa shape index (κ2) is 6.57. The lowest BCUT2D eigenvalue weighted by atomic mass is 10.1. The fourth-order valence-electron chi connectivity index (χ4n) is 1.93. The van der Waals surface area contributed by atoms with Gasteiger partial charge in [-0.15, -0.1) is 0 Å². The molecule has 1 heterocycles. The molecule has 0 bridgehead atoms. The smallest absolute Gasteiger partial charge is 0.271 e. The van der Waals surface area contributed by atoms with E-state index in [1.165, 1.54) is 26.2 Å². The van der Waals surface area contributed by atoms with E-state index in [-0.39, 0.29) is 30.4 Å². The molecule has 0 aromatic heterocycles. The Kier molecular flexibility index (Phi) is 4.77. The first-order valence-electron chi connectivity index (χ1n) is 6.59. The first-order chi connectivity index (χ1) is 10.4. The third-order valence-corrected chi connectivity index (χ3v) is 3.50. The normalized spacial score (nSPS) is 14.4. The molecule has 0 atom stereocenters. The van der Waals surface area contributed by atoms with Crippen LogP contribution in [0.3, 0.4) is 0 Å². The Hall–Kier alpha value is -2.41. The number of halogens is 1. The number of hydrogen-bond donors (Lipinski definition) is 2. The fourth-order valence-corrected chi connectivity index (χ4v) is 2.10. The molecule has 0 radical (unpaired) electrons. The summed E-state index contributed by atoms with van der Waals surface area (Å²) in [6, 6.07) is 4.57. The minimum Gasteiger partial charge on any atom is -0.355 e. The number of nitrogens with one attached hydrogen (secondary N) is 2. The van der Waals surface area contributed by atoms with E-state index in [4.69, 9.17) is 11.6 Å². The van der Waals surface area contributed by atoms with Gasteiger partial charge >= 0.3 is 0 Å². The molecule has 3 amide bonds. The zero-order valence-corrected chi connectivity index (χ0v) is 12.9. The van der Waals surface area contributed by atoms with Crippen LogP contribution in [0.1, 0.15) is 23.2 Å². The first kappa shape index (κ1) is 16.0. The summed E-state index contributed by atoms with van der Waals surface area (Å²) in [7, 11) is 3.01. The molecule has 0 aliphatic carbocycles. The van der Waals surface area contributed by atoms with Gasteiger partial charge in [-0.3, -0.25) is 14.4 Å². The topological polar surface area (TPSA) is 90.9 Å². The molecule has 0 fully saturated rings. The maximum Gasteiger partial charge on any atom is 0.271 e. The van der Waals surface area contributed by atoms with Gasteiger partial charge in [0, 0.05) is 32.5 Å². The molecule has 1 aliphatic rings. The lowest BCUT2D eigenvalue weighted by Crippen LogP contribution is -2.34. The van der Waals surface area contributed by atoms with E-state index in [9.17, 15) is 14.4 Å². The van der Waals surface area contributed by atoms with E-state index in [1.807, 2.05) is 0 Å². The van der Waals surface area contributed by atoms with Crippen molar-refractivity contribution in [3.63, 3.8) is 0 Å². The van der Waals surface area contributed by atoms with Gasteiger partial charge in [-0.25, -0.2) is 5.01 Å². The van der Waals surface area contributed by atoms with Crippen LogP contribution in [0.15, 0.2) is 23.3 Å². The summed E-state index contributed by atoms with van der Waals surface area (Å²) in [5.74, 6) is -0.876. The van der Waals surface area contributed by atoms with Crippen LogP contribution in [0.25, 0.3) is 0 Å². The van der Waals surface area contributed by atoms with Crippen molar-refractivity contribution >= 4 is 40.7 Å². The Morgan fingerprint density at radius 3 is 2.64 bits per heavy atom. The Labute approximate surface area is 132 Å². The van der Waals surface area contributed by atoms with Gasteiger partial charge < -0.3 is 10.6 Å². The van der Waals surface area contributed by atoms with Crippen LogP contribution < -0.4 is 10.6 Å². The second-order valence-electron chi connectivity index (χ2n) is 4.69. The van der Waals surface area contributed by atoms with E-state index in [0.29, 0.717) is 16.3 Å². The van der Waals surface area contributed by atoms with Crippen molar-refractivity contribution in [1.29, 1.82) is 0 Å². The predicted molar refractivity (Wildman–Crippen MR) is 82.9 cm³/mol. The van der Waals surface area contributed by atoms with Crippen LogP contribution in [0.4, 0.5) is 5.69 Å². The van der Waals surface area contributed by atoms with Crippen molar-refractivity contribution in [3.05, 3.63) is 28.8 Å². The number of hydrogen-bond acceptors (Lipinski definition) is 4. The number of carbonyl (C=O) groups is 3. The number of hydrazone groups is 1. The highest BCUT2D eigenvalue weighted by molar-refractivity contribution is 6.44. The van der Waals surface area contributed by atoms with Crippen molar-refractivity contribution in [3.8, 4) is 0 Å². The number of amides is 3.